The average molecular weight is 385 g/mol. The number of carboxylic acid groups (broad SMARTS) is 1. The molecule has 7 heteroatoms. The minimum Gasteiger partial charge on any atom is -0.504 e. The van der Waals surface area contributed by atoms with Crippen LogP contribution in [-0.2, 0) is 9.53 Å². The zero-order valence-electron chi connectivity index (χ0n) is 15.5. The highest BCUT2D eigenvalue weighted by Gasteiger charge is 2.18. The number of nitrogens with one attached hydrogen (secondary N) is 1. The first-order chi connectivity index (χ1) is 13.5. The number of phenolic OH excluding ortho intramolecular Hbond substituents is 1. The largest absolute Gasteiger partial charge is 0.504 e. The summed E-state index contributed by atoms with van der Waals surface area (Å²) in [5, 5.41) is 21.3. The van der Waals surface area contributed by atoms with Gasteiger partial charge in [-0.1, -0.05) is 30.3 Å². The maximum atomic E-state index is 12.3. The highest BCUT2D eigenvalue weighted by molar-refractivity contribution is 5.84. The molecule has 0 unspecified atom stereocenters. The van der Waals surface area contributed by atoms with Crippen molar-refractivity contribution in [3.63, 3.8) is 0 Å². The second kappa shape index (κ2) is 10.6. The topological polar surface area (TPSA) is 105 Å². The van der Waals surface area contributed by atoms with E-state index >= 15 is 0 Å². The van der Waals surface area contributed by atoms with E-state index in [0.29, 0.717) is 36.3 Å². The van der Waals surface area contributed by atoms with Crippen LogP contribution in [-0.4, -0.2) is 29.4 Å². The molecule has 7 nitrogen and oxygen atoms in total. The Labute approximate surface area is 163 Å². The molecule has 2 rings (SSSR count). The molecule has 0 saturated heterocycles. The van der Waals surface area contributed by atoms with E-state index in [1.54, 1.807) is 42.5 Å². The SMILES string of the molecule is COc1ccc([C@H](CCC/C=C/C(=O)O)OC(=O)Nc2ccccc2)cc1O. The molecule has 0 aliphatic carbocycles. The van der Waals surface area contributed by atoms with E-state index in [-0.39, 0.29) is 5.75 Å². The Bertz CT molecular complexity index is 819. The van der Waals surface area contributed by atoms with Crippen molar-refractivity contribution in [2.75, 3.05) is 12.4 Å². The molecule has 0 saturated carbocycles. The molecule has 0 aromatic heterocycles. The number of amides is 1. The summed E-state index contributed by atoms with van der Waals surface area (Å²) in [6, 6.07) is 13.7. The molecule has 0 spiro atoms. The van der Waals surface area contributed by atoms with Gasteiger partial charge in [0.25, 0.3) is 0 Å². The van der Waals surface area contributed by atoms with Crippen molar-refractivity contribution >= 4 is 17.7 Å². The lowest BCUT2D eigenvalue weighted by Crippen LogP contribution is -2.17. The summed E-state index contributed by atoms with van der Waals surface area (Å²) < 4.78 is 10.6. The highest BCUT2D eigenvalue weighted by atomic mass is 16.6. The summed E-state index contributed by atoms with van der Waals surface area (Å²) in [6.45, 7) is 0. The minimum absolute atomic E-state index is 0.0529. The Hall–Kier alpha value is -3.48. The number of aliphatic carboxylic acids is 1. The molecule has 28 heavy (non-hydrogen) atoms. The predicted molar refractivity (Wildman–Crippen MR) is 105 cm³/mol. The number of carbonyl (C=O) groups excluding carboxylic acids is 1. The van der Waals surface area contributed by atoms with Gasteiger partial charge in [0, 0.05) is 11.8 Å². The number of para-hydroxylation sites is 1. The molecule has 1 atom stereocenters. The Kier molecular flexibility index (Phi) is 7.90. The van der Waals surface area contributed by atoms with Gasteiger partial charge in [-0.25, -0.2) is 9.59 Å². The number of phenols is 1. The molecular weight excluding hydrogens is 362 g/mol. The summed E-state index contributed by atoms with van der Waals surface area (Å²) in [6.07, 6.45) is 2.98. The molecule has 0 aliphatic heterocycles. The number of allylic oxidation sites excluding steroid dienone is 1. The smallest absolute Gasteiger partial charge is 0.412 e. The number of carbonyl (C=O) groups is 2. The zero-order chi connectivity index (χ0) is 20.4. The summed E-state index contributed by atoms with van der Waals surface area (Å²) in [5.41, 5.74) is 1.22. The standard InChI is InChI=1S/C21H23NO6/c1-27-19-13-12-15(14-17(19)23)18(10-6-3-7-11-20(24)25)28-21(26)22-16-8-4-2-5-9-16/h2,4-5,7-9,11-14,18,23H,3,6,10H2,1H3,(H,22,26)(H,24,25)/b11-7+/t18-/m0/s1. The van der Waals surface area contributed by atoms with E-state index < -0.39 is 18.2 Å². The van der Waals surface area contributed by atoms with Crippen LogP contribution >= 0.6 is 0 Å². The fourth-order valence-electron chi connectivity index (χ4n) is 2.60. The van der Waals surface area contributed by atoms with Crippen LogP contribution in [0.1, 0.15) is 30.9 Å². The summed E-state index contributed by atoms with van der Waals surface area (Å²) in [5.74, 6) is -0.737. The van der Waals surface area contributed by atoms with Crippen molar-refractivity contribution in [2.45, 2.75) is 25.4 Å². The first kappa shape index (κ1) is 20.8. The molecule has 0 radical (unpaired) electrons. The van der Waals surface area contributed by atoms with E-state index in [0.717, 1.165) is 6.08 Å². The predicted octanol–water partition coefficient (Wildman–Crippen LogP) is 4.50. The summed E-state index contributed by atoms with van der Waals surface area (Å²) in [4.78, 5) is 22.8. The summed E-state index contributed by atoms with van der Waals surface area (Å²) in [7, 11) is 1.45. The maximum Gasteiger partial charge on any atom is 0.412 e. The molecule has 3 N–H and O–H groups in total. The van der Waals surface area contributed by atoms with Gasteiger partial charge in [-0.3, -0.25) is 5.32 Å². The number of rotatable bonds is 9. The third-order valence-electron chi connectivity index (χ3n) is 3.94. The Balaban J connectivity index is 2.07. The Morgan fingerprint density at radius 3 is 2.57 bits per heavy atom. The molecule has 2 aromatic carbocycles. The fourth-order valence-corrected chi connectivity index (χ4v) is 2.60. The van der Waals surface area contributed by atoms with Crippen LogP contribution in [0.2, 0.25) is 0 Å². The van der Waals surface area contributed by atoms with E-state index in [1.165, 1.54) is 13.2 Å². The van der Waals surface area contributed by atoms with Gasteiger partial charge in [0.05, 0.1) is 7.11 Å². The molecule has 0 fully saturated rings. The quantitative estimate of drug-likeness (QED) is 0.433. The van der Waals surface area contributed by atoms with Gasteiger partial charge < -0.3 is 19.7 Å². The van der Waals surface area contributed by atoms with Crippen molar-refractivity contribution in [1.29, 1.82) is 0 Å². The van der Waals surface area contributed by atoms with Gasteiger partial charge >= 0.3 is 12.1 Å². The number of anilines is 1. The monoisotopic (exact) mass is 385 g/mol. The number of unbranched alkanes of at least 4 members (excludes halogenated alkanes) is 1. The van der Waals surface area contributed by atoms with E-state index in [4.69, 9.17) is 14.6 Å². The first-order valence-corrected chi connectivity index (χ1v) is 8.78. The second-order valence-corrected chi connectivity index (χ2v) is 5.99. The molecule has 2 aromatic rings. The number of ether oxygens (including phenoxy) is 2. The fraction of sp³-hybridized carbons (Fsp3) is 0.238. The van der Waals surface area contributed by atoms with Crippen LogP contribution in [0.4, 0.5) is 10.5 Å². The second-order valence-electron chi connectivity index (χ2n) is 5.99. The molecule has 148 valence electrons. The molecule has 0 heterocycles. The maximum absolute atomic E-state index is 12.3. The van der Waals surface area contributed by atoms with E-state index in [9.17, 15) is 14.7 Å². The van der Waals surface area contributed by atoms with Gasteiger partial charge in [-0.15, -0.1) is 0 Å². The van der Waals surface area contributed by atoms with E-state index in [1.807, 2.05) is 6.07 Å². The molecule has 0 aliphatic rings. The molecular formula is C21H23NO6. The van der Waals surface area contributed by atoms with Crippen molar-refractivity contribution in [3.8, 4) is 11.5 Å². The van der Waals surface area contributed by atoms with Crippen molar-refractivity contribution in [3.05, 3.63) is 66.2 Å². The van der Waals surface area contributed by atoms with Gasteiger partial charge in [0.15, 0.2) is 11.5 Å². The number of aromatic hydroxyl groups is 1. The number of benzene rings is 2. The van der Waals surface area contributed by atoms with Crippen molar-refractivity contribution < 1.29 is 29.3 Å². The lowest BCUT2D eigenvalue weighted by molar-refractivity contribution is -0.131. The number of methoxy groups -OCH3 is 1. The van der Waals surface area contributed by atoms with Gasteiger partial charge in [0.2, 0.25) is 0 Å². The third kappa shape index (κ3) is 6.68. The lowest BCUT2D eigenvalue weighted by Gasteiger charge is -2.19. The normalized spacial score (nSPS) is 11.8. The van der Waals surface area contributed by atoms with Crippen molar-refractivity contribution in [1.82, 2.24) is 0 Å². The average Bonchev–Trinajstić information content (AvgIpc) is 2.67. The van der Waals surface area contributed by atoms with Crippen LogP contribution < -0.4 is 10.1 Å². The minimum atomic E-state index is -1.00. The van der Waals surface area contributed by atoms with Gasteiger partial charge in [-0.05, 0) is 49.1 Å². The van der Waals surface area contributed by atoms with Crippen LogP contribution in [0.15, 0.2) is 60.7 Å². The summed E-state index contributed by atoms with van der Waals surface area (Å²) >= 11 is 0. The van der Waals surface area contributed by atoms with Gasteiger partial charge in [0.1, 0.15) is 6.10 Å². The highest BCUT2D eigenvalue weighted by Crippen LogP contribution is 2.32. The Morgan fingerprint density at radius 1 is 1.18 bits per heavy atom. The number of carboxylic acids is 1. The zero-order valence-corrected chi connectivity index (χ0v) is 15.5. The van der Waals surface area contributed by atoms with E-state index in [2.05, 4.69) is 5.32 Å². The number of hydrogen-bond acceptors (Lipinski definition) is 5. The van der Waals surface area contributed by atoms with Crippen LogP contribution in [0.5, 0.6) is 11.5 Å². The number of hydrogen-bond donors (Lipinski definition) is 3. The molecule has 1 amide bonds. The van der Waals surface area contributed by atoms with Crippen LogP contribution in [0.25, 0.3) is 0 Å². The lowest BCUT2D eigenvalue weighted by atomic mass is 10.0. The third-order valence-corrected chi connectivity index (χ3v) is 3.94. The first-order valence-electron chi connectivity index (χ1n) is 8.78. The van der Waals surface area contributed by atoms with Crippen LogP contribution in [0, 0.1) is 0 Å². The molecule has 0 bridgehead atoms. The van der Waals surface area contributed by atoms with Crippen molar-refractivity contribution in [2.24, 2.45) is 0 Å². The van der Waals surface area contributed by atoms with Gasteiger partial charge in [-0.2, -0.15) is 0 Å². The van der Waals surface area contributed by atoms with Crippen LogP contribution in [0.3, 0.4) is 0 Å². The Morgan fingerprint density at radius 2 is 1.93 bits per heavy atom.